The summed E-state index contributed by atoms with van der Waals surface area (Å²) in [5.41, 5.74) is 1.48. The number of aromatic nitrogens is 2. The largest absolute Gasteiger partial charge is 0.396 e. The van der Waals surface area contributed by atoms with Crippen LogP contribution in [0.1, 0.15) is 34.4 Å². The smallest absolute Gasteiger partial charge is 0.255 e. The van der Waals surface area contributed by atoms with Crippen LogP contribution in [-0.4, -0.2) is 57.6 Å². The van der Waals surface area contributed by atoms with Crippen molar-refractivity contribution < 1.29 is 19.5 Å². The lowest BCUT2D eigenvalue weighted by atomic mass is 9.92. The van der Waals surface area contributed by atoms with E-state index in [1.807, 2.05) is 37.5 Å². The molecule has 0 fully saturated rings. The van der Waals surface area contributed by atoms with Crippen LogP contribution in [0.15, 0.2) is 16.7 Å². The maximum atomic E-state index is 12.8. The van der Waals surface area contributed by atoms with Crippen molar-refractivity contribution in [1.82, 2.24) is 14.6 Å². The van der Waals surface area contributed by atoms with E-state index in [1.54, 1.807) is 14.0 Å². The van der Waals surface area contributed by atoms with Crippen molar-refractivity contribution in [2.24, 2.45) is 5.41 Å². The normalized spacial score (nSPS) is 11.8. The van der Waals surface area contributed by atoms with E-state index in [-0.39, 0.29) is 25.7 Å². The summed E-state index contributed by atoms with van der Waals surface area (Å²) in [4.78, 5) is 14.3. The van der Waals surface area contributed by atoms with E-state index in [1.165, 1.54) is 4.90 Å². The fraction of sp³-hybridized carbons (Fsp3) is 0.529. The van der Waals surface area contributed by atoms with Gasteiger partial charge in [0.1, 0.15) is 5.76 Å². The molecule has 1 amide bonds. The minimum Gasteiger partial charge on any atom is -0.396 e. The first kappa shape index (κ1) is 18.2. The molecule has 2 heterocycles. The number of carbonyl (C=O) groups excluding carboxylic acids is 1. The molecule has 2 rings (SSSR count). The minimum absolute atomic E-state index is 0.164. The van der Waals surface area contributed by atoms with E-state index in [0.29, 0.717) is 17.1 Å². The number of aliphatic hydroxyl groups is 2. The monoisotopic (exact) mass is 335 g/mol. The van der Waals surface area contributed by atoms with Gasteiger partial charge < -0.3 is 19.6 Å². The molecule has 0 spiro atoms. The number of hydrogen-bond acceptors (Lipinski definition) is 5. The molecule has 0 aliphatic heterocycles. The first-order valence-electron chi connectivity index (χ1n) is 7.82. The van der Waals surface area contributed by atoms with Crippen molar-refractivity contribution >= 4 is 5.91 Å². The van der Waals surface area contributed by atoms with Crippen LogP contribution in [-0.2, 0) is 0 Å². The number of rotatable bonds is 6. The number of amides is 1. The van der Waals surface area contributed by atoms with Gasteiger partial charge in [-0.1, -0.05) is 12.1 Å². The zero-order chi connectivity index (χ0) is 18.1. The Kier molecular flexibility index (Phi) is 5.15. The molecule has 0 aliphatic carbocycles. The van der Waals surface area contributed by atoms with Crippen LogP contribution >= 0.6 is 0 Å². The quantitative estimate of drug-likeness (QED) is 0.834. The van der Waals surface area contributed by atoms with Crippen LogP contribution in [0, 0.1) is 26.2 Å². The highest BCUT2D eigenvalue weighted by molar-refractivity contribution is 5.95. The Bertz CT molecular complexity index is 728. The van der Waals surface area contributed by atoms with Gasteiger partial charge in [-0.25, -0.2) is 0 Å². The molecule has 7 heteroatoms. The molecule has 2 aromatic rings. The van der Waals surface area contributed by atoms with Gasteiger partial charge in [0, 0.05) is 36.5 Å². The molecule has 0 atom stereocenters. The number of carbonyl (C=O) groups is 1. The first-order valence-corrected chi connectivity index (χ1v) is 7.82. The van der Waals surface area contributed by atoms with E-state index in [9.17, 15) is 15.0 Å². The van der Waals surface area contributed by atoms with Crippen molar-refractivity contribution in [3.8, 4) is 5.82 Å². The predicted octanol–water partition coefficient (Wildman–Crippen LogP) is 1.45. The van der Waals surface area contributed by atoms with Crippen LogP contribution in [0.2, 0.25) is 0 Å². The Hall–Kier alpha value is -2.12. The molecule has 132 valence electrons. The third kappa shape index (κ3) is 3.37. The highest BCUT2D eigenvalue weighted by atomic mass is 16.5. The fourth-order valence-corrected chi connectivity index (χ4v) is 2.79. The number of aliphatic hydroxyl groups excluding tert-OH is 2. The second kappa shape index (κ2) is 6.78. The Morgan fingerprint density at radius 2 is 1.92 bits per heavy atom. The number of nitrogens with zero attached hydrogens (tertiary/aromatic N) is 3. The SMILES string of the molecule is Cc1cc(-n2c(C)cc(C(=O)N(C)CC(C)(CO)CO)c2C)no1. The molecule has 2 N–H and O–H groups in total. The average molecular weight is 335 g/mol. The van der Waals surface area contributed by atoms with Gasteiger partial charge in [0.05, 0.1) is 18.8 Å². The van der Waals surface area contributed by atoms with Gasteiger partial charge >= 0.3 is 0 Å². The van der Waals surface area contributed by atoms with Crippen molar-refractivity contribution in [3.63, 3.8) is 0 Å². The van der Waals surface area contributed by atoms with Gasteiger partial charge in [-0.2, -0.15) is 0 Å². The molecule has 0 radical (unpaired) electrons. The summed E-state index contributed by atoms with van der Waals surface area (Å²) in [5.74, 6) is 1.17. The summed E-state index contributed by atoms with van der Waals surface area (Å²) in [5, 5.41) is 22.8. The van der Waals surface area contributed by atoms with Gasteiger partial charge in [-0.15, -0.1) is 0 Å². The Morgan fingerprint density at radius 3 is 2.42 bits per heavy atom. The Balaban J connectivity index is 2.31. The third-order valence-corrected chi connectivity index (χ3v) is 4.24. The van der Waals surface area contributed by atoms with E-state index >= 15 is 0 Å². The van der Waals surface area contributed by atoms with Crippen LogP contribution in [0.3, 0.4) is 0 Å². The van der Waals surface area contributed by atoms with Gasteiger partial charge in [0.15, 0.2) is 5.82 Å². The summed E-state index contributed by atoms with van der Waals surface area (Å²) in [6, 6.07) is 3.62. The lowest BCUT2D eigenvalue weighted by Crippen LogP contribution is -2.41. The molecule has 2 aromatic heterocycles. The second-order valence-corrected chi connectivity index (χ2v) is 6.70. The molecule has 0 aromatic carbocycles. The van der Waals surface area contributed by atoms with E-state index in [0.717, 1.165) is 11.4 Å². The molecular formula is C17H25N3O4. The zero-order valence-electron chi connectivity index (χ0n) is 14.8. The van der Waals surface area contributed by atoms with Crippen molar-refractivity contribution in [2.45, 2.75) is 27.7 Å². The van der Waals surface area contributed by atoms with E-state index in [2.05, 4.69) is 5.16 Å². The third-order valence-electron chi connectivity index (χ3n) is 4.24. The molecule has 0 bridgehead atoms. The second-order valence-electron chi connectivity index (χ2n) is 6.70. The Morgan fingerprint density at radius 1 is 1.29 bits per heavy atom. The van der Waals surface area contributed by atoms with Crippen LogP contribution in [0.25, 0.3) is 5.82 Å². The highest BCUT2D eigenvalue weighted by Gasteiger charge is 2.28. The number of aryl methyl sites for hydroxylation is 2. The van der Waals surface area contributed by atoms with Crippen molar-refractivity contribution in [3.05, 3.63) is 34.8 Å². The summed E-state index contributed by atoms with van der Waals surface area (Å²) >= 11 is 0. The summed E-state index contributed by atoms with van der Waals surface area (Å²) in [6.07, 6.45) is 0. The number of hydrogen-bond donors (Lipinski definition) is 2. The van der Waals surface area contributed by atoms with Crippen LogP contribution in [0.5, 0.6) is 0 Å². The lowest BCUT2D eigenvalue weighted by molar-refractivity contribution is 0.0366. The fourth-order valence-electron chi connectivity index (χ4n) is 2.79. The summed E-state index contributed by atoms with van der Waals surface area (Å²) in [6.45, 7) is 7.17. The molecule has 24 heavy (non-hydrogen) atoms. The standard InChI is InChI=1S/C17H25N3O4/c1-11-6-14(13(3)20(11)15-7-12(2)24-18-15)16(23)19(5)8-17(4,9-21)10-22/h6-7,21-22H,8-10H2,1-5H3. The summed E-state index contributed by atoms with van der Waals surface area (Å²) < 4.78 is 6.99. The lowest BCUT2D eigenvalue weighted by Gasteiger charge is -2.30. The van der Waals surface area contributed by atoms with E-state index in [4.69, 9.17) is 4.52 Å². The van der Waals surface area contributed by atoms with E-state index < -0.39 is 5.41 Å². The molecule has 7 nitrogen and oxygen atoms in total. The van der Waals surface area contributed by atoms with Crippen molar-refractivity contribution in [2.75, 3.05) is 26.8 Å². The first-order chi connectivity index (χ1) is 11.2. The Labute approximate surface area is 141 Å². The van der Waals surface area contributed by atoms with Gasteiger partial charge in [0.25, 0.3) is 5.91 Å². The average Bonchev–Trinajstić information content (AvgIpc) is 3.09. The van der Waals surface area contributed by atoms with Gasteiger partial charge in [-0.05, 0) is 26.8 Å². The van der Waals surface area contributed by atoms with Crippen LogP contribution < -0.4 is 0 Å². The maximum Gasteiger partial charge on any atom is 0.255 e. The van der Waals surface area contributed by atoms with Gasteiger partial charge in [0.2, 0.25) is 0 Å². The molecule has 0 unspecified atom stereocenters. The molecular weight excluding hydrogens is 310 g/mol. The highest BCUT2D eigenvalue weighted by Crippen LogP contribution is 2.23. The predicted molar refractivity (Wildman–Crippen MR) is 89.3 cm³/mol. The minimum atomic E-state index is -0.737. The maximum absolute atomic E-state index is 12.8. The summed E-state index contributed by atoms with van der Waals surface area (Å²) in [7, 11) is 1.66. The molecule has 0 aliphatic rings. The topological polar surface area (TPSA) is 91.7 Å². The molecule has 0 saturated heterocycles. The van der Waals surface area contributed by atoms with Crippen molar-refractivity contribution in [1.29, 1.82) is 0 Å². The molecule has 0 saturated carbocycles. The van der Waals surface area contributed by atoms with Gasteiger partial charge in [-0.3, -0.25) is 9.36 Å². The van der Waals surface area contributed by atoms with Crippen LogP contribution in [0.4, 0.5) is 0 Å². The zero-order valence-corrected chi connectivity index (χ0v) is 14.8.